The highest BCUT2D eigenvalue weighted by Crippen LogP contribution is 2.24. The molecule has 3 heteroatoms. The van der Waals surface area contributed by atoms with Gasteiger partial charge in [-0.3, -0.25) is 9.80 Å². The van der Waals surface area contributed by atoms with Crippen LogP contribution in [0.2, 0.25) is 0 Å². The summed E-state index contributed by atoms with van der Waals surface area (Å²) in [5, 5.41) is 3.46. The Balaban J connectivity index is 1.80. The Bertz CT molecular complexity index is 222. The van der Waals surface area contributed by atoms with Gasteiger partial charge in [0.2, 0.25) is 0 Å². The van der Waals surface area contributed by atoms with Crippen LogP contribution >= 0.6 is 0 Å². The third-order valence-corrected chi connectivity index (χ3v) is 4.65. The molecule has 1 saturated heterocycles. The van der Waals surface area contributed by atoms with Gasteiger partial charge in [-0.2, -0.15) is 0 Å². The third-order valence-electron chi connectivity index (χ3n) is 4.65. The molecule has 1 aliphatic heterocycles. The summed E-state index contributed by atoms with van der Waals surface area (Å²) in [6.07, 6.45) is 5.55. The molecule has 0 aromatic rings. The van der Waals surface area contributed by atoms with E-state index in [1.807, 2.05) is 0 Å². The first-order valence-corrected chi connectivity index (χ1v) is 7.36. The molecule has 2 atom stereocenters. The van der Waals surface area contributed by atoms with Crippen LogP contribution in [-0.2, 0) is 0 Å². The van der Waals surface area contributed by atoms with Gasteiger partial charge in [-0.15, -0.1) is 0 Å². The van der Waals surface area contributed by atoms with E-state index < -0.39 is 0 Å². The number of nitrogens with one attached hydrogen (secondary N) is 1. The van der Waals surface area contributed by atoms with E-state index in [0.717, 1.165) is 12.1 Å². The Morgan fingerprint density at radius 1 is 1.06 bits per heavy atom. The van der Waals surface area contributed by atoms with Crippen LogP contribution in [0.15, 0.2) is 0 Å². The fraction of sp³-hybridized carbons (Fsp3) is 1.00. The third kappa shape index (κ3) is 3.43. The molecule has 2 fully saturated rings. The van der Waals surface area contributed by atoms with Crippen molar-refractivity contribution in [3.05, 3.63) is 0 Å². The summed E-state index contributed by atoms with van der Waals surface area (Å²) in [7, 11) is 2.11. The van der Waals surface area contributed by atoms with Crippen LogP contribution in [0.4, 0.5) is 0 Å². The maximum absolute atomic E-state index is 3.46. The molecule has 0 spiro atoms. The molecule has 1 saturated carbocycles. The maximum Gasteiger partial charge on any atom is 0.0113 e. The van der Waals surface area contributed by atoms with Crippen molar-refractivity contribution < 1.29 is 0 Å². The molecule has 3 nitrogen and oxygen atoms in total. The van der Waals surface area contributed by atoms with Crippen molar-refractivity contribution in [3.63, 3.8) is 0 Å². The fourth-order valence-electron chi connectivity index (χ4n) is 3.38. The Kier molecular flexibility index (Phi) is 4.83. The molecular formula is C14H29N3. The van der Waals surface area contributed by atoms with E-state index in [-0.39, 0.29) is 0 Å². The van der Waals surface area contributed by atoms with Gasteiger partial charge in [0, 0.05) is 44.3 Å². The van der Waals surface area contributed by atoms with Crippen molar-refractivity contribution in [1.82, 2.24) is 15.1 Å². The van der Waals surface area contributed by atoms with Gasteiger partial charge in [-0.05, 0) is 40.2 Å². The van der Waals surface area contributed by atoms with Crippen LogP contribution < -0.4 is 5.32 Å². The van der Waals surface area contributed by atoms with E-state index >= 15 is 0 Å². The minimum absolute atomic E-state index is 0.716. The van der Waals surface area contributed by atoms with Crippen LogP contribution in [0.25, 0.3) is 0 Å². The van der Waals surface area contributed by atoms with Crippen molar-refractivity contribution in [2.75, 3.05) is 33.2 Å². The molecule has 2 rings (SSSR count). The maximum atomic E-state index is 3.46. The van der Waals surface area contributed by atoms with Gasteiger partial charge in [0.05, 0.1) is 0 Å². The van der Waals surface area contributed by atoms with Crippen LogP contribution in [-0.4, -0.2) is 61.2 Å². The van der Waals surface area contributed by atoms with Crippen molar-refractivity contribution in [1.29, 1.82) is 0 Å². The molecular weight excluding hydrogens is 210 g/mol. The molecule has 1 N–H and O–H groups in total. The predicted molar refractivity (Wildman–Crippen MR) is 73.4 cm³/mol. The lowest BCUT2D eigenvalue weighted by Gasteiger charge is -2.43. The SMILES string of the molecule is CN[C@@H]1CCC[C@H](N2CCN(C(C)C)CC2)C1. The van der Waals surface area contributed by atoms with Crippen molar-refractivity contribution in [2.24, 2.45) is 0 Å². The van der Waals surface area contributed by atoms with Crippen LogP contribution in [0, 0.1) is 0 Å². The molecule has 17 heavy (non-hydrogen) atoms. The Morgan fingerprint density at radius 3 is 2.35 bits per heavy atom. The minimum Gasteiger partial charge on any atom is -0.317 e. The smallest absolute Gasteiger partial charge is 0.0113 e. The molecule has 0 radical (unpaired) electrons. The van der Waals surface area contributed by atoms with Gasteiger partial charge in [0.25, 0.3) is 0 Å². The standard InChI is InChI=1S/C14H29N3/c1-12(2)16-7-9-17(10-8-16)14-6-4-5-13(11-14)15-3/h12-15H,4-11H2,1-3H3/t13-,14+/m1/s1. The minimum atomic E-state index is 0.716. The van der Waals surface area contributed by atoms with E-state index in [1.165, 1.54) is 51.9 Å². The summed E-state index contributed by atoms with van der Waals surface area (Å²) in [6.45, 7) is 9.70. The Hall–Kier alpha value is -0.120. The number of piperazine rings is 1. The van der Waals surface area contributed by atoms with Crippen molar-refractivity contribution in [2.45, 2.75) is 57.7 Å². The van der Waals surface area contributed by atoms with Gasteiger partial charge in [-0.25, -0.2) is 0 Å². The van der Waals surface area contributed by atoms with Gasteiger partial charge >= 0.3 is 0 Å². The molecule has 0 bridgehead atoms. The lowest BCUT2D eigenvalue weighted by molar-refractivity contribution is 0.0591. The van der Waals surface area contributed by atoms with Gasteiger partial charge in [-0.1, -0.05) is 6.42 Å². The van der Waals surface area contributed by atoms with Gasteiger partial charge in [0.1, 0.15) is 0 Å². The first-order valence-electron chi connectivity index (χ1n) is 7.36. The molecule has 100 valence electrons. The highest BCUT2D eigenvalue weighted by atomic mass is 15.3. The molecule has 0 aromatic heterocycles. The topological polar surface area (TPSA) is 18.5 Å². The summed E-state index contributed by atoms with van der Waals surface area (Å²) in [5.74, 6) is 0. The largest absolute Gasteiger partial charge is 0.317 e. The first-order chi connectivity index (χ1) is 8.20. The van der Waals surface area contributed by atoms with Crippen LogP contribution in [0.5, 0.6) is 0 Å². The second kappa shape index (κ2) is 6.17. The van der Waals surface area contributed by atoms with E-state index in [2.05, 4.69) is 36.0 Å². The fourth-order valence-corrected chi connectivity index (χ4v) is 3.38. The predicted octanol–water partition coefficient (Wildman–Crippen LogP) is 1.54. The number of hydrogen-bond donors (Lipinski definition) is 1. The first kappa shape index (κ1) is 13.3. The van der Waals surface area contributed by atoms with E-state index in [4.69, 9.17) is 0 Å². The average Bonchev–Trinajstić information content (AvgIpc) is 2.39. The molecule has 0 amide bonds. The normalized spacial score (nSPS) is 33.2. The van der Waals surface area contributed by atoms with E-state index in [1.54, 1.807) is 0 Å². The number of hydrogen-bond acceptors (Lipinski definition) is 3. The van der Waals surface area contributed by atoms with Crippen LogP contribution in [0.1, 0.15) is 39.5 Å². The monoisotopic (exact) mass is 239 g/mol. The molecule has 1 heterocycles. The second-order valence-electron chi connectivity index (χ2n) is 5.97. The quantitative estimate of drug-likeness (QED) is 0.806. The molecule has 1 aliphatic carbocycles. The van der Waals surface area contributed by atoms with E-state index in [0.29, 0.717) is 6.04 Å². The number of rotatable bonds is 3. The highest BCUT2D eigenvalue weighted by Gasteiger charge is 2.28. The van der Waals surface area contributed by atoms with Gasteiger partial charge < -0.3 is 5.32 Å². The molecule has 0 aromatic carbocycles. The van der Waals surface area contributed by atoms with Crippen LogP contribution in [0.3, 0.4) is 0 Å². The van der Waals surface area contributed by atoms with Crippen molar-refractivity contribution >= 4 is 0 Å². The van der Waals surface area contributed by atoms with E-state index in [9.17, 15) is 0 Å². The van der Waals surface area contributed by atoms with Gasteiger partial charge in [0.15, 0.2) is 0 Å². The Morgan fingerprint density at radius 2 is 1.76 bits per heavy atom. The molecule has 2 aliphatic rings. The Labute approximate surface area is 107 Å². The highest BCUT2D eigenvalue weighted by molar-refractivity contribution is 4.86. The zero-order chi connectivity index (χ0) is 12.3. The zero-order valence-electron chi connectivity index (χ0n) is 11.8. The summed E-state index contributed by atoms with van der Waals surface area (Å²) in [6, 6.07) is 2.32. The number of nitrogens with zero attached hydrogens (tertiary/aromatic N) is 2. The summed E-state index contributed by atoms with van der Waals surface area (Å²) >= 11 is 0. The van der Waals surface area contributed by atoms with Crippen molar-refractivity contribution in [3.8, 4) is 0 Å². The second-order valence-corrected chi connectivity index (χ2v) is 5.97. The summed E-state index contributed by atoms with van der Waals surface area (Å²) in [5.41, 5.74) is 0. The molecule has 0 unspecified atom stereocenters. The summed E-state index contributed by atoms with van der Waals surface area (Å²) in [4.78, 5) is 5.34. The average molecular weight is 239 g/mol. The lowest BCUT2D eigenvalue weighted by atomic mass is 9.89. The summed E-state index contributed by atoms with van der Waals surface area (Å²) < 4.78 is 0. The lowest BCUT2D eigenvalue weighted by Crippen LogP contribution is -2.54. The zero-order valence-corrected chi connectivity index (χ0v) is 11.8.